The van der Waals surface area contributed by atoms with Crippen LogP contribution < -0.4 is 5.32 Å². The largest absolute Gasteiger partial charge is 0.357 e. The number of fused-ring (bicyclic) bond motifs is 6. The summed E-state index contributed by atoms with van der Waals surface area (Å²) in [6.07, 6.45) is 7.14. The number of allylic oxidation sites excluding steroid dienone is 2. The molecule has 0 unspecified atom stereocenters. The summed E-state index contributed by atoms with van der Waals surface area (Å²) >= 11 is 0. The molecule has 2 aromatic rings. The van der Waals surface area contributed by atoms with Crippen molar-refractivity contribution in [3.63, 3.8) is 0 Å². The van der Waals surface area contributed by atoms with Crippen LogP contribution >= 0.6 is 0 Å². The number of carbonyl (C=O) groups is 2. The lowest BCUT2D eigenvalue weighted by Gasteiger charge is -2.59. The van der Waals surface area contributed by atoms with Crippen molar-refractivity contribution in [2.75, 3.05) is 7.05 Å². The number of aromatic amines is 1. The van der Waals surface area contributed by atoms with Crippen LogP contribution in [0.5, 0.6) is 0 Å². The first kappa shape index (κ1) is 22.9. The van der Waals surface area contributed by atoms with Gasteiger partial charge in [-0.2, -0.15) is 0 Å². The lowest BCUT2D eigenvalue weighted by atomic mass is 9.48. The number of piperidine rings is 1. The number of likely N-dealkylation sites (tertiary alicyclic amines) is 1. The Morgan fingerprint density at radius 3 is 2.74 bits per heavy atom. The highest BCUT2D eigenvalue weighted by atomic mass is 16.2. The van der Waals surface area contributed by atoms with Crippen molar-refractivity contribution >= 4 is 22.7 Å². The third kappa shape index (κ3) is 3.33. The van der Waals surface area contributed by atoms with Gasteiger partial charge >= 0.3 is 0 Å². The SMILES string of the molecule is CC1=C2N(C)C(=O)CC[C@]2(C)[C@H]2CC[C@]3(C)[C@@H](C(=O)NCc4cc5ccccc5[nH]4)CC[C@H]3[C@@H]2C1. The molecule has 2 amide bonds. The molecular formula is C30H39N3O2. The second-order valence-corrected chi connectivity index (χ2v) is 12.4. The van der Waals surface area contributed by atoms with Crippen molar-refractivity contribution in [1.29, 1.82) is 0 Å². The highest BCUT2D eigenvalue weighted by molar-refractivity contribution is 5.82. The Labute approximate surface area is 208 Å². The van der Waals surface area contributed by atoms with Gasteiger partial charge in [-0.05, 0) is 86.1 Å². The van der Waals surface area contributed by atoms with E-state index in [9.17, 15) is 9.59 Å². The van der Waals surface area contributed by atoms with E-state index in [4.69, 9.17) is 0 Å². The average Bonchev–Trinajstić information content (AvgIpc) is 3.40. The Morgan fingerprint density at radius 2 is 1.94 bits per heavy atom. The zero-order valence-corrected chi connectivity index (χ0v) is 21.6. The van der Waals surface area contributed by atoms with Crippen LogP contribution in [0.1, 0.15) is 71.4 Å². The summed E-state index contributed by atoms with van der Waals surface area (Å²) in [5.41, 5.74) is 5.05. The normalized spacial score (nSPS) is 36.7. The molecule has 1 saturated heterocycles. The van der Waals surface area contributed by atoms with Crippen LogP contribution in [0.4, 0.5) is 0 Å². The molecule has 1 aliphatic heterocycles. The van der Waals surface area contributed by atoms with Gasteiger partial charge in [-0.15, -0.1) is 0 Å². The molecule has 186 valence electrons. The van der Waals surface area contributed by atoms with E-state index in [0.717, 1.165) is 43.3 Å². The lowest BCUT2D eigenvalue weighted by molar-refractivity contribution is -0.138. The number of para-hydroxylation sites is 1. The summed E-state index contributed by atoms with van der Waals surface area (Å²) in [7, 11) is 1.98. The van der Waals surface area contributed by atoms with Crippen LogP contribution in [-0.2, 0) is 16.1 Å². The number of nitrogens with zero attached hydrogens (tertiary/aromatic N) is 1. The lowest BCUT2D eigenvalue weighted by Crippen LogP contribution is -2.55. The molecule has 4 aliphatic rings. The summed E-state index contributed by atoms with van der Waals surface area (Å²) in [6, 6.07) is 10.4. The molecule has 2 heterocycles. The van der Waals surface area contributed by atoms with Gasteiger partial charge in [-0.1, -0.05) is 37.6 Å². The van der Waals surface area contributed by atoms with Crippen LogP contribution in [0, 0.1) is 34.5 Å². The molecule has 0 radical (unpaired) electrons. The Bertz CT molecular complexity index is 1190. The van der Waals surface area contributed by atoms with Crippen LogP contribution in [-0.4, -0.2) is 28.7 Å². The zero-order valence-electron chi connectivity index (χ0n) is 21.6. The molecule has 2 saturated carbocycles. The van der Waals surface area contributed by atoms with Gasteiger partial charge in [0.1, 0.15) is 0 Å². The van der Waals surface area contributed by atoms with E-state index in [1.807, 2.05) is 24.1 Å². The molecule has 35 heavy (non-hydrogen) atoms. The first-order chi connectivity index (χ1) is 16.7. The van der Waals surface area contributed by atoms with Crippen molar-refractivity contribution < 1.29 is 9.59 Å². The monoisotopic (exact) mass is 473 g/mol. The topological polar surface area (TPSA) is 65.2 Å². The number of carbonyl (C=O) groups excluding carboxylic acids is 2. The van der Waals surface area contributed by atoms with Gasteiger partial charge in [0.2, 0.25) is 11.8 Å². The van der Waals surface area contributed by atoms with Crippen LogP contribution in [0.2, 0.25) is 0 Å². The minimum atomic E-state index is 0.0657. The molecule has 6 atom stereocenters. The predicted octanol–water partition coefficient (Wildman–Crippen LogP) is 5.78. The minimum absolute atomic E-state index is 0.0657. The van der Waals surface area contributed by atoms with E-state index in [1.54, 1.807) is 0 Å². The third-order valence-corrected chi connectivity index (χ3v) is 10.7. The Balaban J connectivity index is 1.21. The maximum atomic E-state index is 13.5. The summed E-state index contributed by atoms with van der Waals surface area (Å²) in [5.74, 6) is 2.40. The predicted molar refractivity (Wildman–Crippen MR) is 138 cm³/mol. The average molecular weight is 474 g/mol. The van der Waals surface area contributed by atoms with E-state index in [0.29, 0.717) is 30.7 Å². The smallest absolute Gasteiger partial charge is 0.226 e. The van der Waals surface area contributed by atoms with Gasteiger partial charge in [0.15, 0.2) is 0 Å². The fourth-order valence-corrected chi connectivity index (χ4v) is 9.07. The highest BCUT2D eigenvalue weighted by Gasteiger charge is 2.61. The fourth-order valence-electron chi connectivity index (χ4n) is 9.07. The van der Waals surface area contributed by atoms with Gasteiger partial charge in [0.05, 0.1) is 6.54 Å². The molecule has 0 spiro atoms. The number of rotatable bonds is 3. The van der Waals surface area contributed by atoms with Crippen LogP contribution in [0.15, 0.2) is 41.6 Å². The molecule has 5 nitrogen and oxygen atoms in total. The summed E-state index contributed by atoms with van der Waals surface area (Å²) in [4.78, 5) is 31.4. The highest BCUT2D eigenvalue weighted by Crippen LogP contribution is 2.66. The summed E-state index contributed by atoms with van der Waals surface area (Å²) in [5, 5.41) is 4.47. The molecule has 1 aromatic heterocycles. The van der Waals surface area contributed by atoms with Crippen LogP contribution in [0.3, 0.4) is 0 Å². The van der Waals surface area contributed by atoms with E-state index in [-0.39, 0.29) is 28.6 Å². The first-order valence-electron chi connectivity index (χ1n) is 13.5. The van der Waals surface area contributed by atoms with Crippen molar-refractivity contribution in [2.24, 2.45) is 34.5 Å². The van der Waals surface area contributed by atoms with Gasteiger partial charge in [-0.25, -0.2) is 0 Å². The van der Waals surface area contributed by atoms with Crippen molar-refractivity contribution in [2.45, 2.75) is 72.3 Å². The molecule has 5 heteroatoms. The van der Waals surface area contributed by atoms with E-state index >= 15 is 0 Å². The molecule has 2 N–H and O–H groups in total. The molecule has 6 rings (SSSR count). The summed E-state index contributed by atoms with van der Waals surface area (Å²) < 4.78 is 0. The first-order valence-corrected chi connectivity index (χ1v) is 13.5. The van der Waals surface area contributed by atoms with E-state index in [2.05, 4.69) is 49.3 Å². The molecule has 3 aliphatic carbocycles. The molecule has 3 fully saturated rings. The Morgan fingerprint density at radius 1 is 1.14 bits per heavy atom. The maximum absolute atomic E-state index is 13.5. The van der Waals surface area contributed by atoms with Crippen LogP contribution in [0.25, 0.3) is 10.9 Å². The fraction of sp³-hybridized carbons (Fsp3) is 0.600. The third-order valence-electron chi connectivity index (χ3n) is 10.7. The van der Waals surface area contributed by atoms with Gasteiger partial charge in [-0.3, -0.25) is 9.59 Å². The molecule has 1 aromatic carbocycles. The number of hydrogen-bond donors (Lipinski definition) is 2. The summed E-state index contributed by atoms with van der Waals surface area (Å²) in [6.45, 7) is 7.64. The van der Waals surface area contributed by atoms with E-state index in [1.165, 1.54) is 23.1 Å². The second-order valence-electron chi connectivity index (χ2n) is 12.4. The quantitative estimate of drug-likeness (QED) is 0.594. The maximum Gasteiger partial charge on any atom is 0.226 e. The van der Waals surface area contributed by atoms with Gasteiger partial charge in [0.25, 0.3) is 0 Å². The number of amides is 2. The zero-order chi connectivity index (χ0) is 24.5. The standard InChI is InChI=1S/C30H39N3O2/c1-18-15-21-22-9-10-24(28(35)31-17-20-16-19-7-5-6-8-25(19)32-20)29(22,2)13-11-23(21)30(3)14-12-26(34)33(4)27(18)30/h5-8,16,21-24,32H,9-15,17H2,1-4H3,(H,31,35)/t21-,22-,23-,24+,29-,30+/m0/s1. The van der Waals surface area contributed by atoms with E-state index < -0.39 is 0 Å². The van der Waals surface area contributed by atoms with Crippen molar-refractivity contribution in [1.82, 2.24) is 15.2 Å². The van der Waals surface area contributed by atoms with Gasteiger partial charge in [0, 0.05) is 41.7 Å². The number of hydrogen-bond acceptors (Lipinski definition) is 2. The number of benzene rings is 1. The Kier molecular flexibility index (Phi) is 5.21. The minimum Gasteiger partial charge on any atom is -0.357 e. The van der Waals surface area contributed by atoms with Crippen molar-refractivity contribution in [3.8, 4) is 0 Å². The second kappa shape index (κ2) is 7.97. The number of H-pyrrole nitrogens is 1. The molecular weight excluding hydrogens is 434 g/mol. The number of aromatic nitrogens is 1. The number of nitrogens with one attached hydrogen (secondary N) is 2. The van der Waals surface area contributed by atoms with Crippen molar-refractivity contribution in [3.05, 3.63) is 47.3 Å². The van der Waals surface area contributed by atoms with Gasteiger partial charge < -0.3 is 15.2 Å². The molecule has 0 bridgehead atoms. The Hall–Kier alpha value is -2.56.